The molecule has 1 amide bonds. The van der Waals surface area contributed by atoms with Crippen molar-refractivity contribution in [3.63, 3.8) is 0 Å². The van der Waals surface area contributed by atoms with Crippen LogP contribution in [0.1, 0.15) is 54.6 Å². The average molecular weight is 317 g/mol. The van der Waals surface area contributed by atoms with E-state index in [2.05, 4.69) is 5.32 Å². The topological polar surface area (TPSA) is 68.5 Å². The lowest BCUT2D eigenvalue weighted by Crippen LogP contribution is -2.60. The molecule has 23 heavy (non-hydrogen) atoms. The van der Waals surface area contributed by atoms with Gasteiger partial charge in [0.2, 0.25) is 0 Å². The molecule has 5 nitrogen and oxygen atoms in total. The van der Waals surface area contributed by atoms with Crippen molar-refractivity contribution in [2.24, 2.45) is 17.8 Å². The van der Waals surface area contributed by atoms with E-state index in [0.29, 0.717) is 11.3 Å². The summed E-state index contributed by atoms with van der Waals surface area (Å²) in [5.74, 6) is 2.16. The first-order valence-corrected chi connectivity index (χ1v) is 8.55. The highest BCUT2D eigenvalue weighted by Gasteiger charge is 2.51. The summed E-state index contributed by atoms with van der Waals surface area (Å²) >= 11 is 0. The van der Waals surface area contributed by atoms with Crippen LogP contribution in [0.5, 0.6) is 0 Å². The molecule has 4 aliphatic rings. The summed E-state index contributed by atoms with van der Waals surface area (Å²) in [7, 11) is 0. The predicted molar refractivity (Wildman–Crippen MR) is 82.8 cm³/mol. The van der Waals surface area contributed by atoms with Crippen molar-refractivity contribution in [1.82, 2.24) is 5.32 Å². The van der Waals surface area contributed by atoms with E-state index in [9.17, 15) is 9.59 Å². The van der Waals surface area contributed by atoms with Crippen LogP contribution < -0.4 is 5.32 Å². The maximum Gasteiger partial charge on any atom is 0.342 e. The van der Waals surface area contributed by atoms with Crippen molar-refractivity contribution in [2.45, 2.75) is 51.0 Å². The normalized spacial score (nSPS) is 34.4. The summed E-state index contributed by atoms with van der Waals surface area (Å²) in [4.78, 5) is 24.2. The Labute approximate surface area is 135 Å². The summed E-state index contributed by atoms with van der Waals surface area (Å²) in [6.07, 6.45) is 8.75. The monoisotopic (exact) mass is 317 g/mol. The van der Waals surface area contributed by atoms with E-state index < -0.39 is 5.97 Å². The van der Waals surface area contributed by atoms with E-state index in [0.717, 1.165) is 37.0 Å². The van der Waals surface area contributed by atoms with Crippen molar-refractivity contribution in [3.8, 4) is 0 Å². The highest BCUT2D eigenvalue weighted by molar-refractivity contribution is 5.92. The second-order valence-electron chi connectivity index (χ2n) is 7.71. The van der Waals surface area contributed by atoms with Gasteiger partial charge in [-0.25, -0.2) is 4.79 Å². The molecule has 5 rings (SSSR count). The summed E-state index contributed by atoms with van der Waals surface area (Å²) in [6, 6.07) is 1.56. The van der Waals surface area contributed by atoms with Gasteiger partial charge in [-0.15, -0.1) is 0 Å². The Kier molecular flexibility index (Phi) is 3.47. The van der Waals surface area contributed by atoms with Crippen molar-refractivity contribution < 1.29 is 18.7 Å². The number of amides is 1. The van der Waals surface area contributed by atoms with Gasteiger partial charge in [-0.2, -0.15) is 0 Å². The molecule has 4 aliphatic carbocycles. The van der Waals surface area contributed by atoms with Crippen molar-refractivity contribution >= 4 is 11.9 Å². The summed E-state index contributed by atoms with van der Waals surface area (Å²) < 4.78 is 10.2. The molecule has 1 aromatic heterocycles. The van der Waals surface area contributed by atoms with Gasteiger partial charge >= 0.3 is 5.97 Å². The number of nitrogens with one attached hydrogen (secondary N) is 1. The molecular weight excluding hydrogens is 294 g/mol. The third kappa shape index (κ3) is 2.77. The molecule has 1 N–H and O–H groups in total. The molecule has 0 radical (unpaired) electrons. The highest BCUT2D eigenvalue weighted by atomic mass is 16.5. The summed E-state index contributed by atoms with van der Waals surface area (Å²) in [6.45, 7) is 1.48. The van der Waals surface area contributed by atoms with Crippen LogP contribution in [0.2, 0.25) is 0 Å². The Hall–Kier alpha value is -1.78. The van der Waals surface area contributed by atoms with Crippen LogP contribution in [0.3, 0.4) is 0 Å². The molecule has 0 aliphatic heterocycles. The van der Waals surface area contributed by atoms with Gasteiger partial charge in [0.15, 0.2) is 6.61 Å². The molecule has 4 bridgehead atoms. The lowest BCUT2D eigenvalue weighted by molar-refractivity contribution is -0.130. The van der Waals surface area contributed by atoms with E-state index in [1.165, 1.54) is 25.5 Å². The molecular formula is C18H23NO4. The molecule has 0 atom stereocenters. The predicted octanol–water partition coefficient (Wildman–Crippen LogP) is 2.83. The second kappa shape index (κ2) is 5.39. The Morgan fingerprint density at radius 3 is 2.35 bits per heavy atom. The van der Waals surface area contributed by atoms with E-state index in [1.807, 2.05) is 0 Å². The van der Waals surface area contributed by atoms with E-state index in [-0.39, 0.29) is 18.1 Å². The lowest BCUT2D eigenvalue weighted by atomic mass is 9.53. The minimum atomic E-state index is -0.503. The fraction of sp³-hybridized carbons (Fsp3) is 0.667. The lowest BCUT2D eigenvalue weighted by Gasteiger charge is -2.56. The van der Waals surface area contributed by atoms with Gasteiger partial charge in [0.1, 0.15) is 11.3 Å². The molecule has 124 valence electrons. The van der Waals surface area contributed by atoms with E-state index in [1.54, 1.807) is 13.0 Å². The van der Waals surface area contributed by atoms with Crippen LogP contribution in [0.15, 0.2) is 16.7 Å². The second-order valence-corrected chi connectivity index (χ2v) is 7.71. The molecule has 5 heteroatoms. The quantitative estimate of drug-likeness (QED) is 0.867. The number of aryl methyl sites for hydroxylation is 1. The molecule has 0 saturated heterocycles. The van der Waals surface area contributed by atoms with Gasteiger partial charge in [-0.1, -0.05) is 0 Å². The van der Waals surface area contributed by atoms with Crippen molar-refractivity contribution in [3.05, 3.63) is 23.7 Å². The molecule has 1 aromatic rings. The zero-order chi connectivity index (χ0) is 16.0. The summed E-state index contributed by atoms with van der Waals surface area (Å²) in [5.41, 5.74) is 0.344. The van der Waals surface area contributed by atoms with Crippen LogP contribution in [0, 0.1) is 24.7 Å². The van der Waals surface area contributed by atoms with Crippen LogP contribution in [0.4, 0.5) is 0 Å². The molecule has 0 spiro atoms. The SMILES string of the molecule is Cc1occc1C(=O)OCC(=O)NC12CC3CC(CC(C3)C1)C2. The van der Waals surface area contributed by atoms with Crippen LogP contribution >= 0.6 is 0 Å². The Bertz CT molecular complexity index is 597. The zero-order valence-corrected chi connectivity index (χ0v) is 13.5. The summed E-state index contributed by atoms with van der Waals surface area (Å²) in [5, 5.41) is 3.20. The van der Waals surface area contributed by atoms with Crippen LogP contribution in [-0.2, 0) is 9.53 Å². The largest absolute Gasteiger partial charge is 0.469 e. The van der Waals surface area contributed by atoms with Gasteiger partial charge in [-0.3, -0.25) is 4.79 Å². The first-order chi connectivity index (χ1) is 11.0. The molecule has 0 unspecified atom stereocenters. The Balaban J connectivity index is 1.34. The fourth-order valence-corrected chi connectivity index (χ4v) is 5.40. The van der Waals surface area contributed by atoms with Gasteiger partial charge < -0.3 is 14.5 Å². The van der Waals surface area contributed by atoms with Crippen LogP contribution in [0.25, 0.3) is 0 Å². The standard InChI is InChI=1S/C18H23NO4/c1-11-15(2-3-22-11)17(21)23-10-16(20)19-18-7-12-4-13(8-18)6-14(5-12)9-18/h2-3,12-14H,4-10H2,1H3,(H,19,20). The maximum absolute atomic E-state index is 12.3. The van der Waals surface area contributed by atoms with E-state index in [4.69, 9.17) is 9.15 Å². The minimum absolute atomic E-state index is 0.0379. The number of carbonyl (C=O) groups excluding carboxylic acids is 2. The first kappa shape index (κ1) is 14.8. The average Bonchev–Trinajstić information content (AvgIpc) is 2.89. The number of ether oxygens (including phenoxy) is 1. The zero-order valence-electron chi connectivity index (χ0n) is 13.5. The van der Waals surface area contributed by atoms with Gasteiger partial charge in [0, 0.05) is 5.54 Å². The Morgan fingerprint density at radius 1 is 1.22 bits per heavy atom. The number of carbonyl (C=O) groups is 2. The third-order valence-corrected chi connectivity index (χ3v) is 5.86. The van der Waals surface area contributed by atoms with Gasteiger partial charge in [-0.05, 0) is 69.3 Å². The van der Waals surface area contributed by atoms with Crippen LogP contribution in [-0.4, -0.2) is 24.0 Å². The molecule has 4 fully saturated rings. The number of hydrogen-bond acceptors (Lipinski definition) is 4. The minimum Gasteiger partial charge on any atom is -0.469 e. The number of esters is 1. The molecule has 4 saturated carbocycles. The number of hydrogen-bond donors (Lipinski definition) is 1. The van der Waals surface area contributed by atoms with E-state index >= 15 is 0 Å². The van der Waals surface area contributed by atoms with Gasteiger partial charge in [0.25, 0.3) is 5.91 Å². The van der Waals surface area contributed by atoms with Crippen molar-refractivity contribution in [2.75, 3.05) is 6.61 Å². The maximum atomic E-state index is 12.3. The molecule has 0 aromatic carbocycles. The third-order valence-electron chi connectivity index (χ3n) is 5.86. The first-order valence-electron chi connectivity index (χ1n) is 8.55. The fourth-order valence-electron chi connectivity index (χ4n) is 5.40. The highest BCUT2D eigenvalue weighted by Crippen LogP contribution is 2.55. The van der Waals surface area contributed by atoms with Crippen molar-refractivity contribution in [1.29, 1.82) is 0 Å². The number of rotatable bonds is 4. The number of furan rings is 1. The van der Waals surface area contributed by atoms with Gasteiger partial charge in [0.05, 0.1) is 6.26 Å². The smallest absolute Gasteiger partial charge is 0.342 e. The Morgan fingerprint density at radius 2 is 1.83 bits per heavy atom. The molecule has 1 heterocycles.